The van der Waals surface area contributed by atoms with Crippen molar-refractivity contribution in [2.45, 2.75) is 12.8 Å². The maximum atomic E-state index is 13.1. The molecule has 2 aromatic carbocycles. The normalized spacial score (nSPS) is 14.0. The predicted molar refractivity (Wildman–Crippen MR) is 94.1 cm³/mol. The van der Waals surface area contributed by atoms with Gasteiger partial charge in [-0.05, 0) is 31.1 Å². The van der Waals surface area contributed by atoms with Gasteiger partial charge < -0.3 is 0 Å². The van der Waals surface area contributed by atoms with Gasteiger partial charge in [0.25, 0.3) is 5.56 Å². The van der Waals surface area contributed by atoms with Crippen LogP contribution in [-0.4, -0.2) is 9.55 Å². The molecule has 3 aromatic rings. The number of benzene rings is 2. The second-order valence-electron chi connectivity index (χ2n) is 5.57. The monoisotopic (exact) mass is 300 g/mol. The van der Waals surface area contributed by atoms with E-state index in [0.29, 0.717) is 11.2 Å². The second kappa shape index (κ2) is 5.69. The average Bonchev–Trinajstić information content (AvgIpc) is 2.63. The summed E-state index contributed by atoms with van der Waals surface area (Å²) in [6.07, 6.45) is 8.17. The number of nitrogens with zero attached hydrogens (tertiary/aromatic N) is 2. The molecule has 112 valence electrons. The fourth-order valence-corrected chi connectivity index (χ4v) is 2.92. The zero-order valence-electron chi connectivity index (χ0n) is 12.6. The SMILES string of the molecule is O=c1c2ccccc2nc(-c2ccccc2)n1C1=CCCC=C1. The zero-order chi connectivity index (χ0) is 15.6. The van der Waals surface area contributed by atoms with Crippen LogP contribution in [0.2, 0.25) is 0 Å². The molecule has 1 aliphatic rings. The Kier molecular flexibility index (Phi) is 3.39. The zero-order valence-corrected chi connectivity index (χ0v) is 12.6. The van der Waals surface area contributed by atoms with E-state index in [1.165, 1.54) is 0 Å². The van der Waals surface area contributed by atoms with Crippen molar-refractivity contribution in [3.63, 3.8) is 0 Å². The highest BCUT2D eigenvalue weighted by Crippen LogP contribution is 2.23. The largest absolute Gasteiger partial charge is 0.268 e. The lowest BCUT2D eigenvalue weighted by atomic mass is 10.1. The molecule has 0 radical (unpaired) electrons. The third-order valence-corrected chi connectivity index (χ3v) is 4.04. The minimum absolute atomic E-state index is 0.0211. The first-order chi connectivity index (χ1) is 11.3. The van der Waals surface area contributed by atoms with E-state index in [0.717, 1.165) is 29.6 Å². The molecule has 0 saturated carbocycles. The molecule has 0 atom stereocenters. The fourth-order valence-electron chi connectivity index (χ4n) is 2.92. The van der Waals surface area contributed by atoms with Gasteiger partial charge in [0.05, 0.1) is 10.9 Å². The Bertz CT molecular complexity index is 981. The molecule has 0 amide bonds. The van der Waals surface area contributed by atoms with Crippen molar-refractivity contribution in [2.75, 3.05) is 0 Å². The van der Waals surface area contributed by atoms with Gasteiger partial charge in [0.15, 0.2) is 0 Å². The Morgan fingerprint density at radius 3 is 2.48 bits per heavy atom. The molecule has 0 aliphatic heterocycles. The van der Waals surface area contributed by atoms with Gasteiger partial charge in [0, 0.05) is 11.3 Å². The molecule has 1 heterocycles. The van der Waals surface area contributed by atoms with Crippen molar-refractivity contribution in [3.05, 3.63) is 83.2 Å². The summed E-state index contributed by atoms with van der Waals surface area (Å²) in [5, 5.41) is 0.645. The van der Waals surface area contributed by atoms with Crippen molar-refractivity contribution >= 4 is 16.6 Å². The van der Waals surface area contributed by atoms with Crippen LogP contribution in [-0.2, 0) is 0 Å². The first-order valence-electron chi connectivity index (χ1n) is 7.79. The van der Waals surface area contributed by atoms with Gasteiger partial charge in [-0.3, -0.25) is 9.36 Å². The average molecular weight is 300 g/mol. The number of rotatable bonds is 2. The molecule has 4 rings (SSSR count). The van der Waals surface area contributed by atoms with Crippen LogP contribution in [0.15, 0.2) is 77.6 Å². The summed E-state index contributed by atoms with van der Waals surface area (Å²) in [5.74, 6) is 0.687. The number of hydrogen-bond donors (Lipinski definition) is 0. The third-order valence-electron chi connectivity index (χ3n) is 4.04. The molecule has 0 N–H and O–H groups in total. The summed E-state index contributed by atoms with van der Waals surface area (Å²) < 4.78 is 1.73. The summed E-state index contributed by atoms with van der Waals surface area (Å²) in [5.41, 5.74) is 2.55. The Hall–Kier alpha value is -2.94. The molecule has 1 aromatic heterocycles. The molecule has 0 fully saturated rings. The molecule has 0 spiro atoms. The van der Waals surface area contributed by atoms with Crippen LogP contribution in [0.4, 0.5) is 0 Å². The van der Waals surface area contributed by atoms with E-state index in [9.17, 15) is 4.79 Å². The minimum Gasteiger partial charge on any atom is -0.268 e. The Balaban J connectivity index is 2.09. The molecular formula is C20H16N2O. The van der Waals surface area contributed by atoms with Crippen LogP contribution in [0.25, 0.3) is 28.0 Å². The van der Waals surface area contributed by atoms with Gasteiger partial charge in [-0.15, -0.1) is 0 Å². The number of allylic oxidation sites excluding steroid dienone is 4. The third kappa shape index (κ3) is 2.40. The van der Waals surface area contributed by atoms with Gasteiger partial charge >= 0.3 is 0 Å². The second-order valence-corrected chi connectivity index (χ2v) is 5.57. The van der Waals surface area contributed by atoms with Crippen LogP contribution in [0.5, 0.6) is 0 Å². The molecule has 23 heavy (non-hydrogen) atoms. The Morgan fingerprint density at radius 2 is 1.70 bits per heavy atom. The number of aromatic nitrogens is 2. The van der Waals surface area contributed by atoms with Crippen LogP contribution in [0.1, 0.15) is 12.8 Å². The van der Waals surface area contributed by atoms with Crippen LogP contribution >= 0.6 is 0 Å². The molecule has 0 bridgehead atoms. The summed E-state index contributed by atoms with van der Waals surface area (Å²) in [6, 6.07) is 17.4. The highest BCUT2D eigenvalue weighted by molar-refractivity contribution is 5.82. The summed E-state index contributed by atoms with van der Waals surface area (Å²) >= 11 is 0. The summed E-state index contributed by atoms with van der Waals surface area (Å²) in [7, 11) is 0. The first kappa shape index (κ1) is 13.7. The van der Waals surface area contributed by atoms with E-state index in [-0.39, 0.29) is 5.56 Å². The molecule has 1 aliphatic carbocycles. The van der Waals surface area contributed by atoms with E-state index in [2.05, 4.69) is 12.2 Å². The predicted octanol–water partition coefficient (Wildman–Crippen LogP) is 4.25. The van der Waals surface area contributed by atoms with E-state index >= 15 is 0 Å². The molecular weight excluding hydrogens is 284 g/mol. The summed E-state index contributed by atoms with van der Waals surface area (Å²) in [4.78, 5) is 17.8. The standard InChI is InChI=1S/C20H16N2O/c23-20-17-13-7-8-14-18(17)21-19(15-9-3-1-4-10-15)22(20)16-11-5-2-6-12-16/h1,3-5,7-14H,2,6H2. The van der Waals surface area contributed by atoms with E-state index < -0.39 is 0 Å². The lowest BCUT2D eigenvalue weighted by Crippen LogP contribution is -2.22. The van der Waals surface area contributed by atoms with Crippen LogP contribution < -0.4 is 5.56 Å². The smallest absolute Gasteiger partial charge is 0.266 e. The number of hydrogen-bond acceptors (Lipinski definition) is 2. The van der Waals surface area contributed by atoms with Gasteiger partial charge in [-0.1, -0.05) is 54.6 Å². The van der Waals surface area contributed by atoms with Crippen LogP contribution in [0, 0.1) is 0 Å². The highest BCUT2D eigenvalue weighted by atomic mass is 16.1. The highest BCUT2D eigenvalue weighted by Gasteiger charge is 2.15. The van der Waals surface area contributed by atoms with E-state index in [1.807, 2.05) is 60.7 Å². The van der Waals surface area contributed by atoms with E-state index in [1.54, 1.807) is 4.57 Å². The maximum absolute atomic E-state index is 13.1. The van der Waals surface area contributed by atoms with Crippen molar-refractivity contribution < 1.29 is 0 Å². The lowest BCUT2D eigenvalue weighted by molar-refractivity contribution is 0.962. The van der Waals surface area contributed by atoms with Gasteiger partial charge in [0.1, 0.15) is 5.82 Å². The van der Waals surface area contributed by atoms with Crippen molar-refractivity contribution in [3.8, 4) is 11.4 Å². The first-order valence-corrected chi connectivity index (χ1v) is 7.79. The molecule has 0 saturated heterocycles. The topological polar surface area (TPSA) is 34.9 Å². The number of fused-ring (bicyclic) bond motifs is 1. The summed E-state index contributed by atoms with van der Waals surface area (Å²) in [6.45, 7) is 0. The molecule has 3 nitrogen and oxygen atoms in total. The molecule has 0 unspecified atom stereocenters. The van der Waals surface area contributed by atoms with Gasteiger partial charge in [0.2, 0.25) is 0 Å². The minimum atomic E-state index is -0.0211. The van der Waals surface area contributed by atoms with E-state index in [4.69, 9.17) is 4.98 Å². The quantitative estimate of drug-likeness (QED) is 0.709. The fraction of sp³-hybridized carbons (Fsp3) is 0.100. The Morgan fingerprint density at radius 1 is 0.913 bits per heavy atom. The van der Waals surface area contributed by atoms with Crippen molar-refractivity contribution in [1.82, 2.24) is 9.55 Å². The lowest BCUT2D eigenvalue weighted by Gasteiger charge is -2.16. The van der Waals surface area contributed by atoms with Gasteiger partial charge in [-0.2, -0.15) is 0 Å². The maximum Gasteiger partial charge on any atom is 0.266 e. The molecule has 3 heteroatoms. The van der Waals surface area contributed by atoms with Crippen molar-refractivity contribution in [2.24, 2.45) is 0 Å². The van der Waals surface area contributed by atoms with Gasteiger partial charge in [-0.25, -0.2) is 4.98 Å². The van der Waals surface area contributed by atoms with Crippen LogP contribution in [0.3, 0.4) is 0 Å². The van der Waals surface area contributed by atoms with Crippen molar-refractivity contribution in [1.29, 1.82) is 0 Å². The Labute approximate surface area is 134 Å². The number of para-hydroxylation sites is 1.